The number of ether oxygens (including phenoxy) is 1. The molecule has 1 aliphatic rings. The predicted octanol–water partition coefficient (Wildman–Crippen LogP) is 1.78. The minimum absolute atomic E-state index is 0.161. The van der Waals surface area contributed by atoms with Gasteiger partial charge in [-0.3, -0.25) is 4.79 Å². The van der Waals surface area contributed by atoms with Crippen LogP contribution in [-0.2, 0) is 26.3 Å². The molecular formula is C16H24N2O4S. The second-order valence-corrected chi connectivity index (χ2v) is 7.58. The van der Waals surface area contributed by atoms with Gasteiger partial charge in [0.05, 0.1) is 7.11 Å². The second kappa shape index (κ2) is 8.42. The highest BCUT2D eigenvalue weighted by Crippen LogP contribution is 2.18. The Balaban J connectivity index is 2.21. The molecule has 23 heavy (non-hydrogen) atoms. The van der Waals surface area contributed by atoms with E-state index in [9.17, 15) is 13.2 Å². The largest absolute Gasteiger partial charge is 0.468 e. The average molecular weight is 340 g/mol. The lowest BCUT2D eigenvalue weighted by atomic mass is 10.2. The third kappa shape index (κ3) is 5.02. The van der Waals surface area contributed by atoms with Crippen molar-refractivity contribution in [1.29, 1.82) is 0 Å². The summed E-state index contributed by atoms with van der Waals surface area (Å²) in [7, 11) is -2.42. The fraction of sp³-hybridized carbons (Fsp3) is 0.562. The Labute approximate surface area is 138 Å². The van der Waals surface area contributed by atoms with Crippen LogP contribution >= 0.6 is 0 Å². The van der Waals surface area contributed by atoms with Crippen LogP contribution in [0.2, 0.25) is 0 Å². The van der Waals surface area contributed by atoms with Gasteiger partial charge < -0.3 is 4.74 Å². The molecule has 0 N–H and O–H groups in total. The smallest absolute Gasteiger partial charge is 0.321 e. The van der Waals surface area contributed by atoms with Crippen LogP contribution in [0.5, 0.6) is 0 Å². The fourth-order valence-corrected chi connectivity index (χ4v) is 4.28. The van der Waals surface area contributed by atoms with Gasteiger partial charge >= 0.3 is 5.97 Å². The Morgan fingerprint density at radius 1 is 1.13 bits per heavy atom. The van der Waals surface area contributed by atoms with Gasteiger partial charge in [-0.2, -0.15) is 17.0 Å². The summed E-state index contributed by atoms with van der Waals surface area (Å²) in [5.74, 6) is -0.556. The van der Waals surface area contributed by atoms with Crippen molar-refractivity contribution >= 4 is 16.2 Å². The van der Waals surface area contributed by atoms with E-state index >= 15 is 0 Å². The molecule has 128 valence electrons. The Kier molecular flexibility index (Phi) is 6.56. The lowest BCUT2D eigenvalue weighted by molar-refractivity contribution is -0.140. The molecule has 0 aromatic heterocycles. The number of benzene rings is 1. The molecule has 0 spiro atoms. The summed E-state index contributed by atoms with van der Waals surface area (Å²) >= 11 is 0. The van der Waals surface area contributed by atoms with Gasteiger partial charge in [-0.05, 0) is 18.4 Å². The van der Waals surface area contributed by atoms with E-state index in [1.165, 1.54) is 15.7 Å². The van der Waals surface area contributed by atoms with Crippen molar-refractivity contribution in [1.82, 2.24) is 8.61 Å². The van der Waals surface area contributed by atoms with Gasteiger partial charge in [0.25, 0.3) is 10.2 Å². The summed E-state index contributed by atoms with van der Waals surface area (Å²) in [5.41, 5.74) is 0.842. The number of esters is 1. The number of carbonyl (C=O) groups is 1. The summed E-state index contributed by atoms with van der Waals surface area (Å²) in [6, 6.07) is 9.27. The standard InChI is InChI=1S/C16H24N2O4S/c1-22-16(19)14-18(13-15-9-5-4-6-10-15)23(20,21)17-11-7-2-3-8-12-17/h4-6,9-10H,2-3,7-8,11-14H2,1H3. The molecule has 1 fully saturated rings. The van der Waals surface area contributed by atoms with Crippen molar-refractivity contribution in [3.8, 4) is 0 Å². The highest BCUT2D eigenvalue weighted by Gasteiger charge is 2.31. The molecule has 2 rings (SSSR count). The summed E-state index contributed by atoms with van der Waals surface area (Å²) in [6.45, 7) is 0.905. The number of rotatable bonds is 6. The zero-order valence-electron chi connectivity index (χ0n) is 13.5. The Bertz CT molecular complexity index is 596. The molecule has 1 aromatic carbocycles. The number of nitrogens with zero attached hydrogens (tertiary/aromatic N) is 2. The summed E-state index contributed by atoms with van der Waals surface area (Å²) in [5, 5.41) is 0. The highest BCUT2D eigenvalue weighted by atomic mass is 32.2. The van der Waals surface area contributed by atoms with Gasteiger partial charge in [-0.25, -0.2) is 0 Å². The molecule has 0 aliphatic carbocycles. The molecule has 0 radical (unpaired) electrons. The lowest BCUT2D eigenvalue weighted by Crippen LogP contribution is -2.46. The van der Waals surface area contributed by atoms with E-state index in [2.05, 4.69) is 4.74 Å². The maximum absolute atomic E-state index is 12.9. The monoisotopic (exact) mass is 340 g/mol. The summed E-state index contributed by atoms with van der Waals surface area (Å²) < 4.78 is 33.2. The third-order valence-corrected chi connectivity index (χ3v) is 5.88. The zero-order valence-corrected chi connectivity index (χ0v) is 14.3. The average Bonchev–Trinajstić information content (AvgIpc) is 2.85. The first-order valence-corrected chi connectivity index (χ1v) is 9.29. The van der Waals surface area contributed by atoms with Crippen LogP contribution in [0.3, 0.4) is 0 Å². The Hall–Kier alpha value is -1.44. The van der Waals surface area contributed by atoms with Gasteiger partial charge in [0.2, 0.25) is 0 Å². The van der Waals surface area contributed by atoms with E-state index in [1.54, 1.807) is 0 Å². The molecule has 0 amide bonds. The third-order valence-electron chi connectivity index (χ3n) is 3.95. The van der Waals surface area contributed by atoms with E-state index < -0.39 is 16.2 Å². The van der Waals surface area contributed by atoms with Gasteiger partial charge in [-0.15, -0.1) is 0 Å². The maximum Gasteiger partial charge on any atom is 0.321 e. The normalized spacial score (nSPS) is 17.0. The minimum atomic E-state index is -3.68. The van der Waals surface area contributed by atoms with Gasteiger partial charge in [-0.1, -0.05) is 43.2 Å². The van der Waals surface area contributed by atoms with Crippen molar-refractivity contribution in [3.63, 3.8) is 0 Å². The lowest BCUT2D eigenvalue weighted by Gasteiger charge is -2.28. The first kappa shape index (κ1) is 17.9. The topological polar surface area (TPSA) is 66.9 Å². The molecule has 1 saturated heterocycles. The SMILES string of the molecule is COC(=O)CN(Cc1ccccc1)S(=O)(=O)N1CCCCCC1. The van der Waals surface area contributed by atoms with Crippen LogP contribution in [0.1, 0.15) is 31.2 Å². The molecule has 1 aromatic rings. The molecule has 7 heteroatoms. The number of hydrogen-bond donors (Lipinski definition) is 0. The first-order chi connectivity index (χ1) is 11.0. The van der Waals surface area contributed by atoms with Crippen LogP contribution in [0.25, 0.3) is 0 Å². The molecule has 0 saturated carbocycles. The first-order valence-electron chi connectivity index (χ1n) is 7.90. The molecular weight excluding hydrogens is 316 g/mol. The zero-order chi connectivity index (χ0) is 16.7. The van der Waals surface area contributed by atoms with E-state index in [0.29, 0.717) is 13.1 Å². The van der Waals surface area contributed by atoms with Crippen LogP contribution < -0.4 is 0 Å². The minimum Gasteiger partial charge on any atom is -0.468 e. The van der Waals surface area contributed by atoms with Crippen LogP contribution in [-0.4, -0.2) is 49.7 Å². The Morgan fingerprint density at radius 2 is 1.74 bits per heavy atom. The quantitative estimate of drug-likeness (QED) is 0.741. The van der Waals surface area contributed by atoms with E-state index in [4.69, 9.17) is 0 Å². The fourth-order valence-electron chi connectivity index (χ4n) is 2.65. The number of methoxy groups -OCH3 is 1. The molecule has 6 nitrogen and oxygen atoms in total. The van der Waals surface area contributed by atoms with E-state index in [1.807, 2.05) is 30.3 Å². The Morgan fingerprint density at radius 3 is 2.30 bits per heavy atom. The van der Waals surface area contributed by atoms with Crippen LogP contribution in [0.4, 0.5) is 0 Å². The van der Waals surface area contributed by atoms with Gasteiger partial charge in [0.1, 0.15) is 6.54 Å². The molecule has 0 atom stereocenters. The van der Waals surface area contributed by atoms with Crippen molar-refractivity contribution in [2.45, 2.75) is 32.2 Å². The van der Waals surface area contributed by atoms with Gasteiger partial charge in [0.15, 0.2) is 0 Å². The van der Waals surface area contributed by atoms with E-state index in [0.717, 1.165) is 31.2 Å². The van der Waals surface area contributed by atoms with Crippen molar-refractivity contribution in [2.75, 3.05) is 26.7 Å². The van der Waals surface area contributed by atoms with Gasteiger partial charge in [0, 0.05) is 19.6 Å². The molecule has 1 aliphatic heterocycles. The second-order valence-electron chi connectivity index (χ2n) is 5.65. The predicted molar refractivity (Wildman–Crippen MR) is 87.8 cm³/mol. The maximum atomic E-state index is 12.9. The highest BCUT2D eigenvalue weighted by molar-refractivity contribution is 7.86. The van der Waals surface area contributed by atoms with E-state index in [-0.39, 0.29) is 13.1 Å². The van der Waals surface area contributed by atoms with Crippen LogP contribution in [0.15, 0.2) is 30.3 Å². The van der Waals surface area contributed by atoms with Crippen molar-refractivity contribution < 1.29 is 17.9 Å². The molecule has 1 heterocycles. The molecule has 0 unspecified atom stereocenters. The number of hydrogen-bond acceptors (Lipinski definition) is 4. The van der Waals surface area contributed by atoms with Crippen LogP contribution in [0, 0.1) is 0 Å². The van der Waals surface area contributed by atoms with Crippen molar-refractivity contribution in [3.05, 3.63) is 35.9 Å². The summed E-state index contributed by atoms with van der Waals surface area (Å²) in [6.07, 6.45) is 3.80. The number of carbonyl (C=O) groups excluding carboxylic acids is 1. The summed E-state index contributed by atoms with van der Waals surface area (Å²) in [4.78, 5) is 11.7. The molecule has 0 bridgehead atoms. The van der Waals surface area contributed by atoms with Crippen molar-refractivity contribution in [2.24, 2.45) is 0 Å².